The van der Waals surface area contributed by atoms with Gasteiger partial charge in [0.05, 0.1) is 30.3 Å². The van der Waals surface area contributed by atoms with Gasteiger partial charge in [-0.3, -0.25) is 14.7 Å². The van der Waals surface area contributed by atoms with Crippen LogP contribution in [-0.2, 0) is 17.9 Å². The predicted octanol–water partition coefficient (Wildman–Crippen LogP) is 5.34. The molecule has 0 spiro atoms. The van der Waals surface area contributed by atoms with Gasteiger partial charge in [-0.15, -0.1) is 24.8 Å². The maximum Gasteiger partial charge on any atom is 0.241 e. The molecule has 11 heteroatoms. The second-order valence-corrected chi connectivity index (χ2v) is 8.92. The van der Waals surface area contributed by atoms with E-state index in [0.717, 1.165) is 23.5 Å². The fourth-order valence-corrected chi connectivity index (χ4v) is 4.38. The molecule has 2 aromatic carbocycles. The number of halogens is 3. The molecule has 0 saturated carbocycles. The van der Waals surface area contributed by atoms with Gasteiger partial charge in [-0.1, -0.05) is 23.7 Å². The summed E-state index contributed by atoms with van der Waals surface area (Å²) in [5.74, 6) is 1.09. The van der Waals surface area contributed by atoms with Gasteiger partial charge < -0.3 is 14.2 Å². The van der Waals surface area contributed by atoms with Crippen molar-refractivity contribution in [2.75, 3.05) is 24.5 Å². The molecule has 1 fully saturated rings. The van der Waals surface area contributed by atoms with Gasteiger partial charge in [0.2, 0.25) is 5.91 Å². The lowest BCUT2D eigenvalue weighted by Gasteiger charge is -2.34. The fourth-order valence-electron chi connectivity index (χ4n) is 4.20. The van der Waals surface area contributed by atoms with E-state index < -0.39 is 0 Å². The molecule has 0 atom stereocenters. The summed E-state index contributed by atoms with van der Waals surface area (Å²) >= 11 is 6.10. The molecule has 1 aliphatic rings. The highest BCUT2D eigenvalue weighted by atomic mass is 35.5. The molecule has 1 saturated heterocycles. The lowest BCUT2D eigenvalue weighted by molar-refractivity contribution is -0.121. The van der Waals surface area contributed by atoms with E-state index in [1.54, 1.807) is 47.9 Å². The van der Waals surface area contributed by atoms with Crippen molar-refractivity contribution < 1.29 is 9.53 Å². The largest absolute Gasteiger partial charge is 0.454 e. The quantitative estimate of drug-likeness (QED) is 0.298. The van der Waals surface area contributed by atoms with Crippen molar-refractivity contribution in [3.05, 3.63) is 101 Å². The average Bonchev–Trinajstić information content (AvgIpc) is 3.31. The minimum absolute atomic E-state index is 0. The zero-order valence-electron chi connectivity index (χ0n) is 20.2. The van der Waals surface area contributed by atoms with Gasteiger partial charge in [0.15, 0.2) is 0 Å². The Morgan fingerprint density at radius 3 is 2.61 bits per heavy atom. The summed E-state index contributed by atoms with van der Waals surface area (Å²) < 4.78 is 7.95. The molecule has 3 heterocycles. The van der Waals surface area contributed by atoms with E-state index in [1.807, 2.05) is 41.1 Å². The molecule has 0 N–H and O–H groups in total. The highest BCUT2D eigenvalue weighted by Gasteiger charge is 2.26. The Balaban J connectivity index is 0.00000200. The summed E-state index contributed by atoms with van der Waals surface area (Å²) in [6.07, 6.45) is 6.87. The van der Waals surface area contributed by atoms with Crippen molar-refractivity contribution in [2.24, 2.45) is 0 Å². The summed E-state index contributed by atoms with van der Waals surface area (Å²) in [5, 5.41) is 10.1. The van der Waals surface area contributed by atoms with Crippen LogP contribution in [0.25, 0.3) is 0 Å². The first-order chi connectivity index (χ1) is 17.6. The van der Waals surface area contributed by atoms with Crippen LogP contribution in [0.5, 0.6) is 11.5 Å². The van der Waals surface area contributed by atoms with Crippen molar-refractivity contribution >= 4 is 48.0 Å². The molecule has 0 radical (unpaired) electrons. The number of benzene rings is 2. The monoisotopic (exact) mass is 570 g/mol. The Morgan fingerprint density at radius 2 is 1.87 bits per heavy atom. The molecule has 2 aromatic heterocycles. The van der Waals surface area contributed by atoms with E-state index in [9.17, 15) is 10.1 Å². The number of piperazine rings is 1. The average molecular weight is 572 g/mol. The number of hydrogen-bond acceptors (Lipinski definition) is 6. The maximum atomic E-state index is 12.8. The minimum Gasteiger partial charge on any atom is -0.454 e. The molecule has 8 nitrogen and oxygen atoms in total. The van der Waals surface area contributed by atoms with Gasteiger partial charge in [-0.25, -0.2) is 4.98 Å². The van der Waals surface area contributed by atoms with E-state index in [-0.39, 0.29) is 30.7 Å². The molecule has 1 amide bonds. The molecule has 0 unspecified atom stereocenters. The summed E-state index contributed by atoms with van der Waals surface area (Å²) in [6.45, 7) is 2.81. The molecule has 5 rings (SSSR count). The van der Waals surface area contributed by atoms with E-state index in [4.69, 9.17) is 16.3 Å². The van der Waals surface area contributed by atoms with Crippen LogP contribution in [0.1, 0.15) is 16.8 Å². The molecule has 38 heavy (non-hydrogen) atoms. The standard InChI is InChI=1S/C27H23ClN6O2.2ClH/c28-22-3-1-4-23(12-22)34-10-9-32(18-27(34)35)17-24-14-31-19-33(24)16-20-6-7-21(13-29)26(11-20)36-25-5-2-8-30-15-25;;/h1-8,11-12,14-15,19H,9-10,16-18H2;2*1H. The highest BCUT2D eigenvalue weighted by molar-refractivity contribution is 6.30. The predicted molar refractivity (Wildman–Crippen MR) is 150 cm³/mol. The molecule has 1 aliphatic heterocycles. The van der Waals surface area contributed by atoms with E-state index >= 15 is 0 Å². The number of carbonyl (C=O) groups excluding carboxylic acids is 1. The first kappa shape index (κ1) is 29.0. The Kier molecular flexibility index (Phi) is 10.1. The van der Waals surface area contributed by atoms with Crippen molar-refractivity contribution in [1.82, 2.24) is 19.4 Å². The number of imidazole rings is 1. The van der Waals surface area contributed by atoms with Crippen LogP contribution in [0.3, 0.4) is 0 Å². The SMILES string of the molecule is Cl.Cl.N#Cc1ccc(Cn2cncc2CN2CCN(c3cccc(Cl)c3)C(=O)C2)cc1Oc1cccnc1. The first-order valence-electron chi connectivity index (χ1n) is 11.5. The number of nitrogens with zero attached hydrogens (tertiary/aromatic N) is 6. The molecule has 0 aliphatic carbocycles. The summed E-state index contributed by atoms with van der Waals surface area (Å²) in [4.78, 5) is 25.1. The lowest BCUT2D eigenvalue weighted by Crippen LogP contribution is -2.50. The highest BCUT2D eigenvalue weighted by Crippen LogP contribution is 2.27. The van der Waals surface area contributed by atoms with Crippen molar-refractivity contribution in [3.8, 4) is 17.6 Å². The van der Waals surface area contributed by atoms with Crippen molar-refractivity contribution in [2.45, 2.75) is 13.1 Å². The third-order valence-electron chi connectivity index (χ3n) is 5.99. The van der Waals surface area contributed by atoms with Gasteiger partial charge in [-0.05, 0) is 48.0 Å². The zero-order chi connectivity index (χ0) is 24.9. The van der Waals surface area contributed by atoms with Gasteiger partial charge in [0.25, 0.3) is 0 Å². The number of aromatic nitrogens is 3. The third kappa shape index (κ3) is 6.82. The van der Waals surface area contributed by atoms with Crippen LogP contribution in [0.15, 0.2) is 79.5 Å². The van der Waals surface area contributed by atoms with E-state index in [1.165, 1.54) is 0 Å². The normalized spacial score (nSPS) is 13.3. The summed E-state index contributed by atoms with van der Waals surface area (Å²) in [6, 6.07) is 18.6. The first-order valence-corrected chi connectivity index (χ1v) is 11.8. The minimum atomic E-state index is 0. The Bertz CT molecular complexity index is 1420. The number of anilines is 1. The van der Waals surface area contributed by atoms with Gasteiger partial charge in [0, 0.05) is 49.3 Å². The van der Waals surface area contributed by atoms with E-state index in [2.05, 4.69) is 20.9 Å². The Labute approximate surface area is 238 Å². The molecular formula is C27H25Cl3N6O2. The number of nitriles is 1. The van der Waals surface area contributed by atoms with Crippen LogP contribution in [-0.4, -0.2) is 45.0 Å². The number of pyridine rings is 1. The number of hydrogen-bond donors (Lipinski definition) is 0. The molecule has 4 aromatic rings. The maximum absolute atomic E-state index is 12.8. The smallest absolute Gasteiger partial charge is 0.241 e. The number of carbonyl (C=O) groups is 1. The third-order valence-corrected chi connectivity index (χ3v) is 6.22. The fraction of sp³-hybridized carbons (Fsp3) is 0.185. The van der Waals surface area contributed by atoms with Crippen LogP contribution >= 0.6 is 36.4 Å². The summed E-state index contributed by atoms with van der Waals surface area (Å²) in [7, 11) is 0. The second-order valence-electron chi connectivity index (χ2n) is 8.48. The molecule has 0 bridgehead atoms. The second kappa shape index (κ2) is 13.3. The zero-order valence-corrected chi connectivity index (χ0v) is 22.6. The number of amides is 1. The van der Waals surface area contributed by atoms with Crippen LogP contribution in [0.2, 0.25) is 5.02 Å². The van der Waals surface area contributed by atoms with Gasteiger partial charge in [-0.2, -0.15) is 5.26 Å². The molecular weight excluding hydrogens is 547 g/mol. The Morgan fingerprint density at radius 1 is 1.00 bits per heavy atom. The number of rotatable bonds is 7. The van der Waals surface area contributed by atoms with Crippen molar-refractivity contribution in [3.63, 3.8) is 0 Å². The number of ether oxygens (including phenoxy) is 1. The van der Waals surface area contributed by atoms with Crippen LogP contribution in [0, 0.1) is 11.3 Å². The topological polar surface area (TPSA) is 87.3 Å². The van der Waals surface area contributed by atoms with Gasteiger partial charge >= 0.3 is 0 Å². The lowest BCUT2D eigenvalue weighted by atomic mass is 10.1. The van der Waals surface area contributed by atoms with Gasteiger partial charge in [0.1, 0.15) is 17.6 Å². The van der Waals surface area contributed by atoms with E-state index in [0.29, 0.717) is 48.3 Å². The van der Waals surface area contributed by atoms with Crippen molar-refractivity contribution in [1.29, 1.82) is 5.26 Å². The summed E-state index contributed by atoms with van der Waals surface area (Å²) in [5.41, 5.74) is 3.24. The Hall–Kier alpha value is -3.61. The molecule has 196 valence electrons. The van der Waals surface area contributed by atoms with Crippen LogP contribution < -0.4 is 9.64 Å². The van der Waals surface area contributed by atoms with Crippen LogP contribution in [0.4, 0.5) is 5.69 Å².